The Bertz CT molecular complexity index is 685. The molecule has 0 N–H and O–H groups in total. The zero-order valence-corrected chi connectivity index (χ0v) is 12.9. The fourth-order valence-corrected chi connectivity index (χ4v) is 2.75. The summed E-state index contributed by atoms with van der Waals surface area (Å²) in [5.41, 5.74) is 0.939. The highest BCUT2D eigenvalue weighted by Crippen LogP contribution is 2.50. The molecule has 1 aliphatic carbocycles. The van der Waals surface area contributed by atoms with Crippen molar-refractivity contribution < 1.29 is 9.13 Å². The molecule has 21 heavy (non-hydrogen) atoms. The number of nitrogens with zero attached hydrogens (tertiary/aromatic N) is 3. The molecule has 1 saturated carbocycles. The molecule has 1 aromatic carbocycles. The second-order valence-electron chi connectivity index (χ2n) is 6.14. The number of anilines is 1. The fraction of sp³-hybridized carbons (Fsp3) is 0.500. The van der Waals surface area contributed by atoms with E-state index < -0.39 is 5.82 Å². The highest BCUT2D eigenvalue weighted by molar-refractivity contribution is 5.90. The summed E-state index contributed by atoms with van der Waals surface area (Å²) in [6, 6.07) is 3.45. The van der Waals surface area contributed by atoms with Gasteiger partial charge in [0.1, 0.15) is 12.1 Å². The topological polar surface area (TPSA) is 38.2 Å². The normalized spacial score (nSPS) is 17.6. The van der Waals surface area contributed by atoms with Crippen LogP contribution in [0, 0.1) is 11.2 Å². The second kappa shape index (κ2) is 4.83. The molecule has 1 heterocycles. The highest BCUT2D eigenvalue weighted by atomic mass is 19.1. The largest absolute Gasteiger partial charge is 0.494 e. The number of benzene rings is 1. The molecule has 0 radical (unpaired) electrons. The van der Waals surface area contributed by atoms with Gasteiger partial charge in [-0.3, -0.25) is 0 Å². The first-order chi connectivity index (χ1) is 9.96. The number of ether oxygens (including phenoxy) is 1. The third-order valence-electron chi connectivity index (χ3n) is 4.85. The fourth-order valence-electron chi connectivity index (χ4n) is 2.75. The molecule has 0 amide bonds. The summed E-state index contributed by atoms with van der Waals surface area (Å²) >= 11 is 0. The molecule has 3 rings (SSSR count). The van der Waals surface area contributed by atoms with E-state index in [1.807, 2.05) is 7.05 Å². The predicted octanol–water partition coefficient (Wildman–Crippen LogP) is 3.40. The van der Waals surface area contributed by atoms with Crippen LogP contribution >= 0.6 is 0 Å². The summed E-state index contributed by atoms with van der Waals surface area (Å²) < 4.78 is 18.9. The van der Waals surface area contributed by atoms with Crippen LogP contribution in [0.15, 0.2) is 18.5 Å². The van der Waals surface area contributed by atoms with Gasteiger partial charge in [-0.15, -0.1) is 0 Å². The van der Waals surface area contributed by atoms with E-state index in [2.05, 4.69) is 28.7 Å². The summed E-state index contributed by atoms with van der Waals surface area (Å²) in [5.74, 6) is 0.635. The van der Waals surface area contributed by atoms with Crippen molar-refractivity contribution in [1.82, 2.24) is 9.97 Å². The predicted molar refractivity (Wildman–Crippen MR) is 81.3 cm³/mol. The Morgan fingerprint density at radius 2 is 2.05 bits per heavy atom. The van der Waals surface area contributed by atoms with Crippen LogP contribution in [-0.4, -0.2) is 30.2 Å². The molecule has 2 aromatic rings. The number of aromatic nitrogens is 2. The van der Waals surface area contributed by atoms with Crippen LogP contribution in [0.25, 0.3) is 10.9 Å². The Hall–Kier alpha value is -1.91. The monoisotopic (exact) mass is 289 g/mol. The zero-order chi connectivity index (χ0) is 15.2. The van der Waals surface area contributed by atoms with Crippen LogP contribution < -0.4 is 9.64 Å². The summed E-state index contributed by atoms with van der Waals surface area (Å²) in [4.78, 5) is 10.7. The number of hydrogen-bond acceptors (Lipinski definition) is 4. The Labute approximate surface area is 124 Å². The average Bonchev–Trinajstić information content (AvgIpc) is 3.23. The first kappa shape index (κ1) is 14.0. The molecule has 4 nitrogen and oxygen atoms in total. The van der Waals surface area contributed by atoms with Crippen molar-refractivity contribution in [2.45, 2.75) is 32.7 Å². The summed E-state index contributed by atoms with van der Waals surface area (Å²) in [7, 11) is 3.50. The quantitative estimate of drug-likeness (QED) is 0.864. The van der Waals surface area contributed by atoms with Crippen LogP contribution in [0.3, 0.4) is 0 Å². The maximum atomic E-state index is 13.8. The molecular weight excluding hydrogens is 269 g/mol. The van der Waals surface area contributed by atoms with Crippen LogP contribution in [0.5, 0.6) is 5.75 Å². The van der Waals surface area contributed by atoms with E-state index in [0.717, 1.165) is 11.2 Å². The second-order valence-corrected chi connectivity index (χ2v) is 6.14. The average molecular weight is 289 g/mol. The molecule has 1 aromatic heterocycles. The SMILES string of the molecule is COc1cc2c(N(C)C(C)C3(C)CC3)ncnc2cc1F. The molecule has 112 valence electrons. The van der Waals surface area contributed by atoms with Crippen LogP contribution in [0.2, 0.25) is 0 Å². The number of hydrogen-bond donors (Lipinski definition) is 0. The van der Waals surface area contributed by atoms with Gasteiger partial charge in [0.15, 0.2) is 11.6 Å². The summed E-state index contributed by atoms with van der Waals surface area (Å²) in [6.45, 7) is 4.50. The van der Waals surface area contributed by atoms with Gasteiger partial charge in [0.25, 0.3) is 0 Å². The van der Waals surface area contributed by atoms with Gasteiger partial charge in [0, 0.05) is 24.5 Å². The summed E-state index contributed by atoms with van der Waals surface area (Å²) in [6.07, 6.45) is 3.96. The van der Waals surface area contributed by atoms with Gasteiger partial charge in [-0.1, -0.05) is 6.92 Å². The maximum Gasteiger partial charge on any atom is 0.167 e. The smallest absolute Gasteiger partial charge is 0.167 e. The molecular formula is C16H20FN3O. The van der Waals surface area contributed by atoms with Crippen molar-refractivity contribution in [1.29, 1.82) is 0 Å². The molecule has 0 spiro atoms. The summed E-state index contributed by atoms with van der Waals surface area (Å²) in [5, 5.41) is 0.814. The first-order valence-corrected chi connectivity index (χ1v) is 7.17. The van der Waals surface area contributed by atoms with Crippen molar-refractivity contribution in [3.63, 3.8) is 0 Å². The third-order valence-corrected chi connectivity index (χ3v) is 4.85. The third kappa shape index (κ3) is 2.30. The Morgan fingerprint density at radius 1 is 1.33 bits per heavy atom. The van der Waals surface area contributed by atoms with Gasteiger partial charge in [-0.05, 0) is 31.2 Å². The van der Waals surface area contributed by atoms with Gasteiger partial charge in [0.2, 0.25) is 0 Å². The van der Waals surface area contributed by atoms with Gasteiger partial charge in [-0.25, -0.2) is 14.4 Å². The van der Waals surface area contributed by atoms with Crippen LogP contribution in [0.4, 0.5) is 10.2 Å². The molecule has 1 fully saturated rings. The highest BCUT2D eigenvalue weighted by Gasteiger charge is 2.44. The van der Waals surface area contributed by atoms with E-state index in [-0.39, 0.29) is 5.75 Å². The van der Waals surface area contributed by atoms with Crippen molar-refractivity contribution in [2.24, 2.45) is 5.41 Å². The Morgan fingerprint density at radius 3 is 2.67 bits per heavy atom. The van der Waals surface area contributed by atoms with E-state index >= 15 is 0 Å². The Balaban J connectivity index is 2.09. The number of methoxy groups -OCH3 is 1. The van der Waals surface area contributed by atoms with Crippen molar-refractivity contribution in [3.05, 3.63) is 24.3 Å². The van der Waals surface area contributed by atoms with Crippen molar-refractivity contribution >= 4 is 16.7 Å². The maximum absolute atomic E-state index is 13.8. The lowest BCUT2D eigenvalue weighted by molar-refractivity contribution is 0.387. The molecule has 1 atom stereocenters. The zero-order valence-electron chi connectivity index (χ0n) is 12.9. The minimum atomic E-state index is -0.403. The molecule has 0 saturated heterocycles. The molecule has 0 bridgehead atoms. The minimum absolute atomic E-state index is 0.220. The van der Waals surface area contributed by atoms with E-state index in [4.69, 9.17) is 4.74 Å². The molecule has 5 heteroatoms. The molecule has 1 aliphatic rings. The van der Waals surface area contributed by atoms with Crippen LogP contribution in [-0.2, 0) is 0 Å². The van der Waals surface area contributed by atoms with Crippen molar-refractivity contribution in [2.75, 3.05) is 19.1 Å². The Kier molecular flexibility index (Phi) is 3.23. The number of fused-ring (bicyclic) bond motifs is 1. The lowest BCUT2D eigenvalue weighted by Crippen LogP contribution is -2.36. The lowest BCUT2D eigenvalue weighted by Gasteiger charge is -2.31. The van der Waals surface area contributed by atoms with Crippen LogP contribution in [0.1, 0.15) is 26.7 Å². The van der Waals surface area contributed by atoms with Gasteiger partial charge in [0.05, 0.1) is 12.6 Å². The number of halogens is 1. The number of rotatable bonds is 4. The van der Waals surface area contributed by atoms with Gasteiger partial charge in [-0.2, -0.15) is 0 Å². The van der Waals surface area contributed by atoms with E-state index in [1.165, 1.54) is 32.3 Å². The molecule has 1 unspecified atom stereocenters. The van der Waals surface area contributed by atoms with E-state index in [0.29, 0.717) is 17.0 Å². The van der Waals surface area contributed by atoms with Gasteiger partial charge >= 0.3 is 0 Å². The standard InChI is InChI=1S/C16H20FN3O/c1-10(16(2)5-6-16)20(3)15-11-7-14(21-4)12(17)8-13(11)18-9-19-15/h7-10H,5-6H2,1-4H3. The molecule has 0 aliphatic heterocycles. The first-order valence-electron chi connectivity index (χ1n) is 7.17. The van der Waals surface area contributed by atoms with E-state index in [1.54, 1.807) is 6.07 Å². The van der Waals surface area contributed by atoms with Crippen molar-refractivity contribution in [3.8, 4) is 5.75 Å². The lowest BCUT2D eigenvalue weighted by atomic mass is 9.99. The van der Waals surface area contributed by atoms with Gasteiger partial charge < -0.3 is 9.64 Å². The minimum Gasteiger partial charge on any atom is -0.494 e. The van der Waals surface area contributed by atoms with E-state index in [9.17, 15) is 4.39 Å².